The summed E-state index contributed by atoms with van der Waals surface area (Å²) >= 11 is 9.54. The first kappa shape index (κ1) is 9.68. The average Bonchev–Trinajstić information content (AvgIpc) is 2.43. The van der Waals surface area contributed by atoms with E-state index in [1.54, 1.807) is 17.4 Å². The Morgan fingerprint density at radius 1 is 1.38 bits per heavy atom. The minimum Gasteiger partial charge on any atom is -0.207 e. The fraction of sp³-hybridized carbons (Fsp3) is 0.111. The second kappa shape index (κ2) is 3.71. The highest BCUT2D eigenvalue weighted by Gasteiger charge is 2.06. The molecule has 2 rings (SSSR count). The van der Waals surface area contributed by atoms with Crippen LogP contribution >= 0.6 is 45.5 Å². The molecule has 0 aliphatic carbocycles. The van der Waals surface area contributed by atoms with Crippen LogP contribution in [0.2, 0.25) is 0 Å². The van der Waals surface area contributed by atoms with Crippen LogP contribution in [0.4, 0.5) is 4.39 Å². The molecule has 0 spiro atoms. The number of hydrogen-bond donors (Lipinski definition) is 0. The molecule has 1 heterocycles. The first-order chi connectivity index (χ1) is 6.20. The SMILES string of the molecule is Fc1cc(CCl)c2cc(I)sc2c1. The van der Waals surface area contributed by atoms with E-state index in [2.05, 4.69) is 22.6 Å². The number of halogens is 3. The monoisotopic (exact) mass is 326 g/mol. The van der Waals surface area contributed by atoms with Crippen molar-refractivity contribution in [2.75, 3.05) is 0 Å². The molecule has 0 radical (unpaired) electrons. The lowest BCUT2D eigenvalue weighted by Gasteiger charge is -1.97. The predicted octanol–water partition coefficient (Wildman–Crippen LogP) is 4.38. The number of fused-ring (bicyclic) bond motifs is 1. The molecule has 4 heteroatoms. The van der Waals surface area contributed by atoms with Gasteiger partial charge in [0.1, 0.15) is 5.82 Å². The molecule has 1 aromatic carbocycles. The Morgan fingerprint density at radius 3 is 2.85 bits per heavy atom. The quantitative estimate of drug-likeness (QED) is 0.539. The van der Waals surface area contributed by atoms with Crippen molar-refractivity contribution in [3.63, 3.8) is 0 Å². The van der Waals surface area contributed by atoms with Crippen LogP contribution in [0, 0.1) is 8.70 Å². The Kier molecular flexibility index (Phi) is 2.76. The summed E-state index contributed by atoms with van der Waals surface area (Å²) in [5, 5.41) is 1.07. The molecular formula is C9H5ClFIS. The van der Waals surface area contributed by atoms with E-state index in [1.807, 2.05) is 6.07 Å². The summed E-state index contributed by atoms with van der Waals surface area (Å²) < 4.78 is 15.2. The number of thiophene rings is 1. The zero-order chi connectivity index (χ0) is 9.42. The molecule has 0 N–H and O–H groups in total. The fourth-order valence-corrected chi connectivity index (χ4v) is 3.36. The summed E-state index contributed by atoms with van der Waals surface area (Å²) in [6.45, 7) is 0. The average molecular weight is 327 g/mol. The number of benzene rings is 1. The van der Waals surface area contributed by atoms with Gasteiger partial charge in [-0.15, -0.1) is 22.9 Å². The molecule has 0 aliphatic heterocycles. The lowest BCUT2D eigenvalue weighted by molar-refractivity contribution is 0.629. The molecule has 0 fully saturated rings. The van der Waals surface area contributed by atoms with E-state index in [-0.39, 0.29) is 5.82 Å². The van der Waals surface area contributed by atoms with Crippen LogP contribution in [-0.4, -0.2) is 0 Å². The number of rotatable bonds is 1. The third kappa shape index (κ3) is 1.82. The van der Waals surface area contributed by atoms with Gasteiger partial charge >= 0.3 is 0 Å². The molecule has 1 aromatic heterocycles. The van der Waals surface area contributed by atoms with Gasteiger partial charge in [-0.1, -0.05) is 0 Å². The second-order valence-corrected chi connectivity index (χ2v) is 5.91. The molecule has 68 valence electrons. The van der Waals surface area contributed by atoms with Gasteiger partial charge in [-0.05, 0) is 51.7 Å². The van der Waals surface area contributed by atoms with Gasteiger partial charge in [0.2, 0.25) is 0 Å². The largest absolute Gasteiger partial charge is 0.207 e. The van der Waals surface area contributed by atoms with E-state index in [9.17, 15) is 4.39 Å². The lowest BCUT2D eigenvalue weighted by atomic mass is 10.1. The predicted molar refractivity (Wildman–Crippen MR) is 64.1 cm³/mol. The molecule has 13 heavy (non-hydrogen) atoms. The van der Waals surface area contributed by atoms with Crippen LogP contribution in [0.1, 0.15) is 5.56 Å². The molecule has 0 amide bonds. The van der Waals surface area contributed by atoms with Gasteiger partial charge in [0.05, 0.1) is 2.88 Å². The highest BCUT2D eigenvalue weighted by molar-refractivity contribution is 14.1. The summed E-state index contributed by atoms with van der Waals surface area (Å²) in [5.41, 5.74) is 0.871. The maximum Gasteiger partial charge on any atom is 0.124 e. The molecule has 0 saturated heterocycles. The van der Waals surface area contributed by atoms with E-state index in [0.29, 0.717) is 5.88 Å². The van der Waals surface area contributed by atoms with E-state index in [0.717, 1.165) is 18.5 Å². The van der Waals surface area contributed by atoms with Gasteiger partial charge in [0, 0.05) is 10.6 Å². The minimum absolute atomic E-state index is 0.207. The Morgan fingerprint density at radius 2 is 2.15 bits per heavy atom. The standard InChI is InChI=1S/C9H5ClFIS/c10-4-5-1-6(11)2-8-7(5)3-9(12)13-8/h1-3H,4H2. The third-order valence-electron chi connectivity index (χ3n) is 1.80. The summed E-state index contributed by atoms with van der Waals surface area (Å²) in [7, 11) is 0. The van der Waals surface area contributed by atoms with Gasteiger partial charge in [0.15, 0.2) is 0 Å². The molecule has 0 unspecified atom stereocenters. The van der Waals surface area contributed by atoms with Gasteiger partial charge in [-0.25, -0.2) is 4.39 Å². The van der Waals surface area contributed by atoms with E-state index < -0.39 is 0 Å². The van der Waals surface area contributed by atoms with E-state index >= 15 is 0 Å². The summed E-state index contributed by atoms with van der Waals surface area (Å²) in [4.78, 5) is 0. The summed E-state index contributed by atoms with van der Waals surface area (Å²) in [6, 6.07) is 5.09. The van der Waals surface area contributed by atoms with Gasteiger partial charge < -0.3 is 0 Å². The maximum absolute atomic E-state index is 13.0. The van der Waals surface area contributed by atoms with Crippen LogP contribution in [0.3, 0.4) is 0 Å². The van der Waals surface area contributed by atoms with Crippen LogP contribution in [-0.2, 0) is 5.88 Å². The molecular weight excluding hydrogens is 322 g/mol. The molecule has 0 nitrogen and oxygen atoms in total. The zero-order valence-electron chi connectivity index (χ0n) is 6.48. The number of alkyl halides is 1. The summed E-state index contributed by atoms with van der Waals surface area (Å²) in [6.07, 6.45) is 0. The van der Waals surface area contributed by atoms with E-state index in [4.69, 9.17) is 11.6 Å². The highest BCUT2D eigenvalue weighted by atomic mass is 127. The first-order valence-corrected chi connectivity index (χ1v) is 6.07. The fourth-order valence-electron chi connectivity index (χ4n) is 1.25. The van der Waals surface area contributed by atoms with Crippen molar-refractivity contribution in [3.05, 3.63) is 32.5 Å². The Balaban J connectivity index is 2.80. The summed E-state index contributed by atoms with van der Waals surface area (Å²) in [5.74, 6) is 0.155. The smallest absolute Gasteiger partial charge is 0.124 e. The van der Waals surface area contributed by atoms with Gasteiger partial charge in [-0.2, -0.15) is 0 Å². The maximum atomic E-state index is 13.0. The van der Waals surface area contributed by atoms with Crippen molar-refractivity contribution >= 4 is 55.6 Å². The van der Waals surface area contributed by atoms with Crippen molar-refractivity contribution in [3.8, 4) is 0 Å². The van der Waals surface area contributed by atoms with Crippen molar-refractivity contribution < 1.29 is 4.39 Å². The molecule has 0 aliphatic rings. The zero-order valence-corrected chi connectivity index (χ0v) is 10.2. The van der Waals surface area contributed by atoms with Crippen molar-refractivity contribution in [2.24, 2.45) is 0 Å². The highest BCUT2D eigenvalue weighted by Crippen LogP contribution is 2.30. The van der Waals surface area contributed by atoms with Crippen molar-refractivity contribution in [1.82, 2.24) is 0 Å². The van der Waals surface area contributed by atoms with Gasteiger partial charge in [0.25, 0.3) is 0 Å². The lowest BCUT2D eigenvalue weighted by Crippen LogP contribution is -1.81. The molecule has 0 bridgehead atoms. The Labute approximate surface area is 97.8 Å². The third-order valence-corrected chi connectivity index (χ3v) is 3.93. The minimum atomic E-state index is -0.207. The molecule has 2 aromatic rings. The number of hydrogen-bond acceptors (Lipinski definition) is 1. The van der Waals surface area contributed by atoms with Crippen molar-refractivity contribution in [1.29, 1.82) is 0 Å². The van der Waals surface area contributed by atoms with Gasteiger partial charge in [-0.3, -0.25) is 0 Å². The molecule has 0 atom stereocenters. The van der Waals surface area contributed by atoms with Crippen molar-refractivity contribution in [2.45, 2.75) is 5.88 Å². The van der Waals surface area contributed by atoms with Crippen LogP contribution in [0.25, 0.3) is 10.1 Å². The molecule has 0 saturated carbocycles. The van der Waals surface area contributed by atoms with E-state index in [1.165, 1.54) is 6.07 Å². The normalized spacial score (nSPS) is 11.0. The van der Waals surface area contributed by atoms with Crippen LogP contribution in [0.15, 0.2) is 18.2 Å². The first-order valence-electron chi connectivity index (χ1n) is 3.64. The van der Waals surface area contributed by atoms with Crippen LogP contribution in [0.5, 0.6) is 0 Å². The topological polar surface area (TPSA) is 0 Å². The Hall–Kier alpha value is 0.130. The van der Waals surface area contributed by atoms with Crippen LogP contribution < -0.4 is 0 Å². The second-order valence-electron chi connectivity index (χ2n) is 2.66. The Bertz CT molecular complexity index is 452.